The molecule has 2 N–H and O–H groups in total. The van der Waals surface area contributed by atoms with Gasteiger partial charge in [-0.1, -0.05) is 6.92 Å². The molecule has 2 rings (SSSR count). The van der Waals surface area contributed by atoms with E-state index in [0.29, 0.717) is 6.54 Å². The van der Waals surface area contributed by atoms with Crippen LogP contribution in [0, 0.1) is 11.8 Å². The third kappa shape index (κ3) is 4.19. The van der Waals surface area contributed by atoms with Gasteiger partial charge in [-0.15, -0.1) is 0 Å². The van der Waals surface area contributed by atoms with Gasteiger partial charge >= 0.3 is 0 Å². The molecule has 2 aliphatic heterocycles. The van der Waals surface area contributed by atoms with Gasteiger partial charge in [-0.25, -0.2) is 0 Å². The van der Waals surface area contributed by atoms with E-state index in [4.69, 9.17) is 5.73 Å². The Morgan fingerprint density at radius 3 is 2.52 bits per heavy atom. The van der Waals surface area contributed by atoms with Crippen molar-refractivity contribution >= 4 is 11.8 Å². The van der Waals surface area contributed by atoms with E-state index in [1.807, 2.05) is 11.8 Å². The normalized spacial score (nSPS) is 29.7. The molecule has 2 heterocycles. The summed E-state index contributed by atoms with van der Waals surface area (Å²) in [5, 5.41) is 0. The Morgan fingerprint density at radius 1 is 1.10 bits per heavy atom. The van der Waals surface area contributed by atoms with Crippen molar-refractivity contribution in [1.82, 2.24) is 9.80 Å². The Hall–Kier alpha value is -1.10. The number of hydrogen-bond acceptors (Lipinski definition) is 3. The van der Waals surface area contributed by atoms with E-state index in [1.165, 1.54) is 19.3 Å². The van der Waals surface area contributed by atoms with Gasteiger partial charge in [0.15, 0.2) is 0 Å². The number of amides is 2. The summed E-state index contributed by atoms with van der Waals surface area (Å²) in [7, 11) is 0. The Kier molecular flexibility index (Phi) is 5.62. The third-order valence-corrected chi connectivity index (χ3v) is 5.09. The molecule has 2 aliphatic rings. The molecule has 5 heteroatoms. The highest BCUT2D eigenvalue weighted by Gasteiger charge is 2.32. The number of hydrogen-bond donors (Lipinski definition) is 1. The zero-order valence-corrected chi connectivity index (χ0v) is 13.4. The van der Waals surface area contributed by atoms with E-state index in [1.54, 1.807) is 0 Å². The molecule has 3 unspecified atom stereocenters. The van der Waals surface area contributed by atoms with Crippen LogP contribution in [0.4, 0.5) is 0 Å². The number of nitrogens with zero attached hydrogens (tertiary/aromatic N) is 2. The molecule has 0 aliphatic carbocycles. The van der Waals surface area contributed by atoms with Crippen LogP contribution in [0.2, 0.25) is 0 Å². The van der Waals surface area contributed by atoms with Gasteiger partial charge in [0.1, 0.15) is 0 Å². The molecule has 2 saturated heterocycles. The minimum absolute atomic E-state index is 0.0815. The van der Waals surface area contributed by atoms with E-state index in [9.17, 15) is 9.59 Å². The van der Waals surface area contributed by atoms with Gasteiger partial charge in [0.25, 0.3) is 0 Å². The van der Waals surface area contributed by atoms with E-state index in [2.05, 4.69) is 11.8 Å². The highest BCUT2D eigenvalue weighted by atomic mass is 16.2. The highest BCUT2D eigenvalue weighted by molar-refractivity contribution is 5.83. The summed E-state index contributed by atoms with van der Waals surface area (Å²) in [6.07, 6.45) is 5.28. The van der Waals surface area contributed by atoms with Crippen LogP contribution >= 0.6 is 0 Å². The summed E-state index contributed by atoms with van der Waals surface area (Å²) in [5.74, 6) is 0.477. The van der Waals surface area contributed by atoms with Crippen LogP contribution < -0.4 is 5.73 Å². The first-order valence-corrected chi connectivity index (χ1v) is 8.31. The number of carbonyl (C=O) groups is 2. The lowest BCUT2D eigenvalue weighted by Gasteiger charge is -2.36. The number of piperidine rings is 1. The maximum atomic E-state index is 12.7. The zero-order chi connectivity index (χ0) is 15.4. The lowest BCUT2D eigenvalue weighted by atomic mass is 9.97. The summed E-state index contributed by atoms with van der Waals surface area (Å²) < 4.78 is 0. The first kappa shape index (κ1) is 16.3. The van der Waals surface area contributed by atoms with Crippen molar-refractivity contribution in [1.29, 1.82) is 0 Å². The number of primary amides is 1. The highest BCUT2D eigenvalue weighted by Crippen LogP contribution is 2.21. The first-order valence-electron chi connectivity index (χ1n) is 8.31. The van der Waals surface area contributed by atoms with Crippen molar-refractivity contribution in [3.8, 4) is 0 Å². The summed E-state index contributed by atoms with van der Waals surface area (Å²) in [5.41, 5.74) is 5.40. The molecule has 120 valence electrons. The van der Waals surface area contributed by atoms with Crippen molar-refractivity contribution in [3.05, 3.63) is 0 Å². The molecule has 21 heavy (non-hydrogen) atoms. The fraction of sp³-hybridized carbons (Fsp3) is 0.875. The lowest BCUT2D eigenvalue weighted by Crippen LogP contribution is -2.51. The second-order valence-corrected chi connectivity index (χ2v) is 6.77. The summed E-state index contributed by atoms with van der Waals surface area (Å²) in [6, 6.07) is -0.0815. The van der Waals surface area contributed by atoms with Crippen molar-refractivity contribution < 1.29 is 9.59 Å². The number of nitrogens with two attached hydrogens (primary N) is 1. The SMILES string of the molecule is CC1CCCN(C(C)C(=O)N2CCCC(C(N)=O)C2)CC1. The number of carbonyl (C=O) groups excluding carboxylic acids is 2. The topological polar surface area (TPSA) is 66.6 Å². The first-order chi connectivity index (χ1) is 9.99. The number of likely N-dealkylation sites (tertiary alicyclic amines) is 2. The summed E-state index contributed by atoms with van der Waals surface area (Å²) in [4.78, 5) is 28.2. The molecule has 2 fully saturated rings. The molecule has 5 nitrogen and oxygen atoms in total. The minimum atomic E-state index is -0.274. The van der Waals surface area contributed by atoms with Gasteiger partial charge in [0.2, 0.25) is 11.8 Å². The van der Waals surface area contributed by atoms with Crippen LogP contribution in [0.5, 0.6) is 0 Å². The van der Waals surface area contributed by atoms with Gasteiger partial charge in [0, 0.05) is 13.1 Å². The monoisotopic (exact) mass is 295 g/mol. The van der Waals surface area contributed by atoms with Crippen molar-refractivity contribution in [2.45, 2.75) is 52.0 Å². The molecule has 0 aromatic heterocycles. The minimum Gasteiger partial charge on any atom is -0.369 e. The van der Waals surface area contributed by atoms with Crippen molar-refractivity contribution in [2.75, 3.05) is 26.2 Å². The van der Waals surface area contributed by atoms with Crippen LogP contribution in [-0.4, -0.2) is 53.8 Å². The predicted octanol–water partition coefficient (Wildman–Crippen LogP) is 1.22. The average molecular weight is 295 g/mol. The maximum absolute atomic E-state index is 12.7. The largest absolute Gasteiger partial charge is 0.369 e. The predicted molar refractivity (Wildman–Crippen MR) is 82.5 cm³/mol. The van der Waals surface area contributed by atoms with E-state index in [-0.39, 0.29) is 23.8 Å². The average Bonchev–Trinajstić information content (AvgIpc) is 2.70. The standard InChI is InChI=1S/C16H29N3O2/c1-12-5-3-8-18(10-7-12)13(2)16(21)19-9-4-6-14(11-19)15(17)20/h12-14H,3-11H2,1-2H3,(H2,17,20). The van der Waals surface area contributed by atoms with Gasteiger partial charge in [-0.3, -0.25) is 14.5 Å². The fourth-order valence-corrected chi connectivity index (χ4v) is 3.50. The maximum Gasteiger partial charge on any atom is 0.239 e. The molecule has 0 aromatic carbocycles. The van der Waals surface area contributed by atoms with Gasteiger partial charge in [0.05, 0.1) is 12.0 Å². The lowest BCUT2D eigenvalue weighted by molar-refractivity contribution is -0.139. The summed E-state index contributed by atoms with van der Waals surface area (Å²) >= 11 is 0. The van der Waals surface area contributed by atoms with Crippen molar-refractivity contribution in [2.24, 2.45) is 17.6 Å². The molecule has 0 radical (unpaired) electrons. The molecule has 3 atom stereocenters. The molecule has 0 aromatic rings. The molecule has 0 bridgehead atoms. The quantitative estimate of drug-likeness (QED) is 0.851. The van der Waals surface area contributed by atoms with Crippen molar-refractivity contribution in [3.63, 3.8) is 0 Å². The van der Waals surface area contributed by atoms with Crippen LogP contribution in [-0.2, 0) is 9.59 Å². The Bertz CT molecular complexity index is 386. The van der Waals surface area contributed by atoms with Crippen LogP contribution in [0.25, 0.3) is 0 Å². The second-order valence-electron chi connectivity index (χ2n) is 6.77. The van der Waals surface area contributed by atoms with Crippen LogP contribution in [0.3, 0.4) is 0 Å². The fourth-order valence-electron chi connectivity index (χ4n) is 3.50. The van der Waals surface area contributed by atoms with E-state index >= 15 is 0 Å². The van der Waals surface area contributed by atoms with E-state index in [0.717, 1.165) is 38.4 Å². The van der Waals surface area contributed by atoms with E-state index < -0.39 is 0 Å². The molecule has 2 amide bonds. The second kappa shape index (κ2) is 7.25. The molecule has 0 saturated carbocycles. The number of rotatable bonds is 3. The Labute approximate surface area is 127 Å². The Balaban J connectivity index is 1.93. The molecular formula is C16H29N3O2. The van der Waals surface area contributed by atoms with Gasteiger partial charge in [-0.05, 0) is 58.0 Å². The van der Waals surface area contributed by atoms with Crippen LogP contribution in [0.1, 0.15) is 46.0 Å². The Morgan fingerprint density at radius 2 is 1.81 bits per heavy atom. The zero-order valence-electron chi connectivity index (χ0n) is 13.4. The molecular weight excluding hydrogens is 266 g/mol. The smallest absolute Gasteiger partial charge is 0.239 e. The molecule has 0 spiro atoms. The van der Waals surface area contributed by atoms with Crippen LogP contribution in [0.15, 0.2) is 0 Å². The summed E-state index contributed by atoms with van der Waals surface area (Å²) in [6.45, 7) is 7.57. The van der Waals surface area contributed by atoms with Gasteiger partial charge in [-0.2, -0.15) is 0 Å². The van der Waals surface area contributed by atoms with Gasteiger partial charge < -0.3 is 10.6 Å². The third-order valence-electron chi connectivity index (χ3n) is 5.09.